The SMILES string of the molecule is [2H]OC(=O)C(Cc1ccccc1)[C@H](NC(=O)OCc1ccccc1)C(=O)N[C@@H](COC)C(=O)O. The highest BCUT2D eigenvalue weighted by Gasteiger charge is 2.37. The van der Waals surface area contributed by atoms with Gasteiger partial charge in [0.1, 0.15) is 12.6 Å². The lowest BCUT2D eigenvalue weighted by atomic mass is 9.91. The zero-order valence-electron chi connectivity index (χ0n) is 18.9. The number of carboxylic acid groups (broad SMARTS) is 2. The van der Waals surface area contributed by atoms with E-state index >= 15 is 0 Å². The molecule has 3 atom stereocenters. The maximum atomic E-state index is 13.0. The Hall–Kier alpha value is -3.92. The molecular weight excluding hydrogens is 432 g/mol. The van der Waals surface area contributed by atoms with Crippen molar-refractivity contribution in [2.75, 3.05) is 13.7 Å². The number of rotatable bonds is 12. The first-order valence-electron chi connectivity index (χ1n) is 10.5. The molecule has 2 aromatic rings. The van der Waals surface area contributed by atoms with Crippen LogP contribution in [0.25, 0.3) is 1.43 Å². The van der Waals surface area contributed by atoms with E-state index in [1.54, 1.807) is 60.7 Å². The van der Waals surface area contributed by atoms with Gasteiger partial charge in [0.15, 0.2) is 6.04 Å². The number of ether oxygens (including phenoxy) is 2. The van der Waals surface area contributed by atoms with Crippen molar-refractivity contribution in [3.05, 3.63) is 71.8 Å². The van der Waals surface area contributed by atoms with Gasteiger partial charge in [0, 0.05) is 7.11 Å². The smallest absolute Gasteiger partial charge is 0.408 e. The van der Waals surface area contributed by atoms with Gasteiger partial charge in [-0.1, -0.05) is 60.7 Å². The molecule has 2 rings (SSSR count). The van der Waals surface area contributed by atoms with Crippen LogP contribution < -0.4 is 10.6 Å². The molecule has 0 saturated heterocycles. The normalized spacial score (nSPS) is 13.5. The Labute approximate surface area is 192 Å². The topological polar surface area (TPSA) is 151 Å². The molecule has 2 amide bonds. The number of hydrogen-bond donors (Lipinski definition) is 4. The Morgan fingerprint density at radius 2 is 1.55 bits per heavy atom. The van der Waals surface area contributed by atoms with Crippen molar-refractivity contribution < 1.29 is 38.9 Å². The number of nitrogens with one attached hydrogen (secondary N) is 2. The lowest BCUT2D eigenvalue weighted by Crippen LogP contribution is -2.57. The molecule has 0 aliphatic rings. The number of methoxy groups -OCH3 is 1. The minimum Gasteiger partial charge on any atom is -0.481 e. The molecular formula is C23H26N2O8. The summed E-state index contributed by atoms with van der Waals surface area (Å²) in [5.41, 5.74) is 1.32. The Morgan fingerprint density at radius 1 is 0.939 bits per heavy atom. The molecule has 0 fully saturated rings. The predicted molar refractivity (Wildman–Crippen MR) is 116 cm³/mol. The van der Waals surface area contributed by atoms with Crippen LogP contribution in [0, 0.1) is 5.92 Å². The summed E-state index contributed by atoms with van der Waals surface area (Å²) >= 11 is 0. The van der Waals surface area contributed by atoms with Crippen molar-refractivity contribution in [3.63, 3.8) is 0 Å². The summed E-state index contributed by atoms with van der Waals surface area (Å²) in [4.78, 5) is 49.4. The second-order valence-corrected chi connectivity index (χ2v) is 7.15. The average molecular weight is 459 g/mol. The number of amides is 2. The molecule has 0 aromatic heterocycles. The summed E-state index contributed by atoms with van der Waals surface area (Å²) in [5.74, 6) is -4.79. The van der Waals surface area contributed by atoms with E-state index in [9.17, 15) is 24.3 Å². The van der Waals surface area contributed by atoms with Crippen molar-refractivity contribution in [1.29, 1.82) is 1.43 Å². The van der Waals surface area contributed by atoms with Gasteiger partial charge in [0.25, 0.3) is 1.43 Å². The molecule has 1 unspecified atom stereocenters. The molecule has 0 spiro atoms. The fourth-order valence-corrected chi connectivity index (χ4v) is 3.05. The number of carbonyl (C=O) groups excluding carboxylic acids is 2. The van der Waals surface area contributed by atoms with Crippen molar-refractivity contribution in [3.8, 4) is 0 Å². The number of benzene rings is 2. The summed E-state index contributed by atoms with van der Waals surface area (Å²) in [5, 5.41) is 18.0. The van der Waals surface area contributed by atoms with Gasteiger partial charge in [0.05, 0.1) is 12.5 Å². The molecule has 0 bridgehead atoms. The van der Waals surface area contributed by atoms with Crippen molar-refractivity contribution in [1.82, 2.24) is 10.6 Å². The number of carbonyl (C=O) groups is 4. The second-order valence-electron chi connectivity index (χ2n) is 7.15. The van der Waals surface area contributed by atoms with Crippen molar-refractivity contribution >= 4 is 23.9 Å². The Bertz CT molecular complexity index is 958. The molecule has 0 aliphatic carbocycles. The lowest BCUT2D eigenvalue weighted by molar-refractivity contribution is -0.147. The van der Waals surface area contributed by atoms with Gasteiger partial charge >= 0.3 is 18.0 Å². The van der Waals surface area contributed by atoms with Crippen LogP contribution in [-0.4, -0.2) is 60.0 Å². The van der Waals surface area contributed by atoms with Crippen LogP contribution in [-0.2, 0) is 36.9 Å². The predicted octanol–water partition coefficient (Wildman–Crippen LogP) is 1.44. The van der Waals surface area contributed by atoms with E-state index in [1.165, 1.54) is 7.11 Å². The van der Waals surface area contributed by atoms with E-state index in [0.717, 1.165) is 0 Å². The van der Waals surface area contributed by atoms with Gasteiger partial charge in [-0.3, -0.25) is 9.59 Å². The molecule has 176 valence electrons. The maximum Gasteiger partial charge on any atom is 0.408 e. The minimum atomic E-state index is -1.60. The van der Waals surface area contributed by atoms with Gasteiger partial charge < -0.3 is 30.3 Å². The molecule has 33 heavy (non-hydrogen) atoms. The fraction of sp³-hybridized carbons (Fsp3) is 0.304. The van der Waals surface area contributed by atoms with E-state index in [-0.39, 0.29) is 19.6 Å². The number of alkyl carbamates (subject to hydrolysis) is 1. The molecule has 4 N–H and O–H groups in total. The third-order valence-electron chi connectivity index (χ3n) is 4.72. The Balaban J connectivity index is 2.26. The monoisotopic (exact) mass is 459 g/mol. The fourth-order valence-electron chi connectivity index (χ4n) is 3.05. The van der Waals surface area contributed by atoms with Crippen LogP contribution in [0.2, 0.25) is 0 Å². The molecule has 0 aliphatic heterocycles. The maximum absolute atomic E-state index is 13.0. The number of hydrogen-bond acceptors (Lipinski definition) is 7. The first-order valence-corrected chi connectivity index (χ1v) is 10.1. The van der Waals surface area contributed by atoms with E-state index in [4.69, 9.17) is 10.9 Å². The first-order chi connectivity index (χ1) is 16.3. The second kappa shape index (κ2) is 12.8. The summed E-state index contributed by atoms with van der Waals surface area (Å²) in [7, 11) is 1.26. The standard InChI is InChI=1S/C23H26N2O8/c1-32-14-18(22(29)30)24-20(26)19(17(21(27)28)12-15-8-4-2-5-9-15)25-23(31)33-13-16-10-6-3-7-11-16/h2-11,17-19H,12-14H2,1H3,(H,24,26)(H,25,31)(H,27,28)(H,29,30)/t17?,18-,19-/m0/s1/i/hD. The zero-order chi connectivity index (χ0) is 24.9. The van der Waals surface area contributed by atoms with Crippen molar-refractivity contribution in [2.45, 2.75) is 25.1 Å². The Morgan fingerprint density at radius 3 is 2.09 bits per heavy atom. The first kappa shape index (κ1) is 23.7. The highest BCUT2D eigenvalue weighted by Crippen LogP contribution is 2.15. The number of aliphatic carboxylic acids is 2. The summed E-state index contributed by atoms with van der Waals surface area (Å²) < 4.78 is 17.0. The Kier molecular flexibility index (Phi) is 9.22. The van der Waals surface area contributed by atoms with Crippen LogP contribution in [0.15, 0.2) is 60.7 Å². The third kappa shape index (κ3) is 8.26. The largest absolute Gasteiger partial charge is 0.481 e. The molecule has 0 heterocycles. The quantitative estimate of drug-likeness (QED) is 0.372. The molecule has 10 nitrogen and oxygen atoms in total. The van der Waals surface area contributed by atoms with Gasteiger partial charge in [-0.2, -0.15) is 0 Å². The van der Waals surface area contributed by atoms with Crippen LogP contribution in [0.1, 0.15) is 11.1 Å². The van der Waals surface area contributed by atoms with Crippen molar-refractivity contribution in [2.24, 2.45) is 5.92 Å². The van der Waals surface area contributed by atoms with E-state index in [2.05, 4.69) is 15.7 Å². The zero-order valence-corrected chi connectivity index (χ0v) is 17.9. The van der Waals surface area contributed by atoms with Crippen LogP contribution in [0.4, 0.5) is 4.79 Å². The van der Waals surface area contributed by atoms with Gasteiger partial charge in [0.2, 0.25) is 5.91 Å². The summed E-state index contributed by atoms with van der Waals surface area (Å²) in [6.07, 6.45) is -1.09. The minimum absolute atomic E-state index is 0.0718. The lowest BCUT2D eigenvalue weighted by Gasteiger charge is -2.26. The third-order valence-corrected chi connectivity index (χ3v) is 4.72. The van der Waals surface area contributed by atoms with E-state index < -0.39 is 41.9 Å². The highest BCUT2D eigenvalue weighted by molar-refractivity contribution is 5.93. The van der Waals surface area contributed by atoms with Gasteiger partial charge in [-0.25, -0.2) is 9.59 Å². The van der Waals surface area contributed by atoms with Gasteiger partial charge in [-0.05, 0) is 17.5 Å². The van der Waals surface area contributed by atoms with Crippen LogP contribution >= 0.6 is 0 Å². The van der Waals surface area contributed by atoms with E-state index in [1.807, 2.05) is 0 Å². The molecule has 2 aromatic carbocycles. The van der Waals surface area contributed by atoms with Gasteiger partial charge in [-0.15, -0.1) is 0 Å². The molecule has 0 radical (unpaired) electrons. The van der Waals surface area contributed by atoms with E-state index in [0.29, 0.717) is 11.1 Å². The molecule has 0 saturated carbocycles. The van der Waals surface area contributed by atoms with Crippen LogP contribution in [0.3, 0.4) is 0 Å². The summed E-state index contributed by atoms with van der Waals surface area (Å²) in [6.45, 7) is -0.451. The number of carboxylic acids is 2. The highest BCUT2D eigenvalue weighted by atomic mass is 16.5. The summed E-state index contributed by atoms with van der Waals surface area (Å²) in [6, 6.07) is 14.3. The molecule has 10 heteroatoms. The van der Waals surface area contributed by atoms with Crippen LogP contribution in [0.5, 0.6) is 0 Å². The average Bonchev–Trinajstić information content (AvgIpc) is 2.85.